The van der Waals surface area contributed by atoms with Crippen LogP contribution in [0.2, 0.25) is 5.02 Å². The van der Waals surface area contributed by atoms with E-state index in [0.29, 0.717) is 13.1 Å². The average molecular weight is 307 g/mol. The Morgan fingerprint density at radius 1 is 1.10 bits per heavy atom. The molecular weight excluding hydrogens is 284 g/mol. The maximum atomic E-state index is 11.7. The summed E-state index contributed by atoms with van der Waals surface area (Å²) >= 11 is 6.07. The van der Waals surface area contributed by atoms with E-state index in [1.807, 2.05) is 24.3 Å². The van der Waals surface area contributed by atoms with Gasteiger partial charge in [-0.3, -0.25) is 0 Å². The minimum absolute atomic E-state index is 0.0986. The number of hydrogen-bond acceptors (Lipinski definition) is 1. The average Bonchev–Trinajstić information content (AvgIpc) is 2.50. The summed E-state index contributed by atoms with van der Waals surface area (Å²) in [7, 11) is 0. The largest absolute Gasteiger partial charge is 0.338 e. The number of amides is 2. The second-order valence-corrected chi connectivity index (χ2v) is 5.79. The highest BCUT2D eigenvalue weighted by Crippen LogP contribution is 2.19. The molecule has 0 atom stereocenters. The van der Waals surface area contributed by atoms with Gasteiger partial charge >= 0.3 is 6.03 Å². The standard InChI is InChI=1S/C17H23ClN2O/c18-16-9-5-4-8-15(16)11-13-20-17(21)19-12-10-14-6-2-1-3-7-14/h4-6,8-9H,1-3,7,10-13H2,(H2,19,20,21). The summed E-state index contributed by atoms with van der Waals surface area (Å²) in [6.07, 6.45) is 9.02. The van der Waals surface area contributed by atoms with Crippen molar-refractivity contribution < 1.29 is 4.79 Å². The topological polar surface area (TPSA) is 41.1 Å². The molecule has 0 heterocycles. The van der Waals surface area contributed by atoms with E-state index in [4.69, 9.17) is 11.6 Å². The van der Waals surface area contributed by atoms with Gasteiger partial charge in [0.15, 0.2) is 0 Å². The quantitative estimate of drug-likeness (QED) is 0.764. The minimum atomic E-state index is -0.0986. The summed E-state index contributed by atoms with van der Waals surface area (Å²) in [4.78, 5) is 11.7. The van der Waals surface area contributed by atoms with E-state index in [1.165, 1.54) is 31.3 Å². The van der Waals surface area contributed by atoms with E-state index < -0.39 is 0 Å². The zero-order valence-corrected chi connectivity index (χ0v) is 13.1. The van der Waals surface area contributed by atoms with Crippen LogP contribution < -0.4 is 10.6 Å². The number of rotatable bonds is 6. The van der Waals surface area contributed by atoms with Crippen molar-refractivity contribution in [2.24, 2.45) is 0 Å². The number of hydrogen-bond donors (Lipinski definition) is 2. The van der Waals surface area contributed by atoms with Crippen molar-refractivity contribution in [1.29, 1.82) is 0 Å². The Labute approximate surface area is 131 Å². The fourth-order valence-electron chi connectivity index (χ4n) is 2.54. The third-order valence-corrected chi connectivity index (χ3v) is 4.12. The summed E-state index contributed by atoms with van der Waals surface area (Å²) in [6, 6.07) is 7.62. The number of allylic oxidation sites excluding steroid dienone is 1. The zero-order valence-electron chi connectivity index (χ0n) is 12.3. The van der Waals surface area contributed by atoms with Crippen LogP contribution in [0.5, 0.6) is 0 Å². The van der Waals surface area contributed by atoms with Gasteiger partial charge in [-0.2, -0.15) is 0 Å². The first kappa shape index (κ1) is 15.9. The third-order valence-electron chi connectivity index (χ3n) is 3.75. The summed E-state index contributed by atoms with van der Waals surface area (Å²) in [6.45, 7) is 1.31. The maximum absolute atomic E-state index is 11.7. The van der Waals surface area contributed by atoms with Crippen molar-refractivity contribution in [3.05, 3.63) is 46.5 Å². The lowest BCUT2D eigenvalue weighted by atomic mass is 9.97. The molecule has 21 heavy (non-hydrogen) atoms. The van der Waals surface area contributed by atoms with Gasteiger partial charge in [0.1, 0.15) is 0 Å². The Balaban J connectivity index is 1.59. The van der Waals surface area contributed by atoms with Crippen LogP contribution in [0.4, 0.5) is 4.79 Å². The van der Waals surface area contributed by atoms with Crippen LogP contribution in [0, 0.1) is 0 Å². The van der Waals surface area contributed by atoms with E-state index in [0.717, 1.165) is 23.4 Å². The van der Waals surface area contributed by atoms with Crippen molar-refractivity contribution in [2.45, 2.75) is 38.5 Å². The molecule has 0 bridgehead atoms. The molecule has 1 aromatic rings. The van der Waals surface area contributed by atoms with Crippen LogP contribution in [0.3, 0.4) is 0 Å². The number of carbonyl (C=O) groups is 1. The molecule has 0 saturated heterocycles. The second-order valence-electron chi connectivity index (χ2n) is 5.38. The highest BCUT2D eigenvalue weighted by atomic mass is 35.5. The highest BCUT2D eigenvalue weighted by molar-refractivity contribution is 6.31. The molecule has 3 nitrogen and oxygen atoms in total. The molecule has 0 unspecified atom stereocenters. The van der Waals surface area contributed by atoms with Gasteiger partial charge in [-0.15, -0.1) is 0 Å². The first-order valence-electron chi connectivity index (χ1n) is 7.69. The fourth-order valence-corrected chi connectivity index (χ4v) is 2.77. The molecule has 0 saturated carbocycles. The van der Waals surface area contributed by atoms with Gasteiger partial charge in [0.05, 0.1) is 0 Å². The highest BCUT2D eigenvalue weighted by Gasteiger charge is 2.05. The molecule has 4 heteroatoms. The zero-order chi connectivity index (χ0) is 14.9. The Morgan fingerprint density at radius 3 is 2.57 bits per heavy atom. The van der Waals surface area contributed by atoms with E-state index in [-0.39, 0.29) is 6.03 Å². The first-order chi connectivity index (χ1) is 10.3. The molecule has 2 amide bonds. The molecule has 114 valence electrons. The van der Waals surface area contributed by atoms with Gasteiger partial charge in [0, 0.05) is 18.1 Å². The van der Waals surface area contributed by atoms with Crippen LogP contribution in [0.15, 0.2) is 35.9 Å². The predicted octanol–water partition coefficient (Wildman–Crippen LogP) is 4.07. The SMILES string of the molecule is O=C(NCCC1=CCCCC1)NCCc1ccccc1Cl. The van der Waals surface area contributed by atoms with Crippen LogP contribution >= 0.6 is 11.6 Å². The Morgan fingerprint density at radius 2 is 1.86 bits per heavy atom. The van der Waals surface area contributed by atoms with Gasteiger partial charge in [-0.1, -0.05) is 41.4 Å². The van der Waals surface area contributed by atoms with Gasteiger partial charge in [0.2, 0.25) is 0 Å². The number of benzene rings is 1. The van der Waals surface area contributed by atoms with Crippen LogP contribution in [-0.4, -0.2) is 19.1 Å². The Bertz CT molecular complexity index is 499. The smallest absolute Gasteiger partial charge is 0.314 e. The number of halogens is 1. The van der Waals surface area contributed by atoms with E-state index in [2.05, 4.69) is 16.7 Å². The van der Waals surface area contributed by atoms with Crippen molar-refractivity contribution >= 4 is 17.6 Å². The summed E-state index contributed by atoms with van der Waals surface area (Å²) in [5, 5.41) is 6.53. The van der Waals surface area contributed by atoms with Crippen molar-refractivity contribution in [2.75, 3.05) is 13.1 Å². The van der Waals surface area contributed by atoms with Crippen LogP contribution in [-0.2, 0) is 6.42 Å². The van der Waals surface area contributed by atoms with Gasteiger partial charge in [-0.25, -0.2) is 4.79 Å². The molecule has 1 aromatic carbocycles. The fraction of sp³-hybridized carbons (Fsp3) is 0.471. The van der Waals surface area contributed by atoms with Crippen LogP contribution in [0.1, 0.15) is 37.7 Å². The molecular formula is C17H23ClN2O. The summed E-state index contributed by atoms with van der Waals surface area (Å²) in [5.41, 5.74) is 2.55. The number of urea groups is 1. The molecule has 2 rings (SSSR count). The minimum Gasteiger partial charge on any atom is -0.338 e. The Kier molecular flexibility index (Phi) is 6.61. The summed E-state index contributed by atoms with van der Waals surface area (Å²) < 4.78 is 0. The lowest BCUT2D eigenvalue weighted by Gasteiger charge is -2.13. The summed E-state index contributed by atoms with van der Waals surface area (Å²) in [5.74, 6) is 0. The lowest BCUT2D eigenvalue weighted by Crippen LogP contribution is -2.37. The molecule has 0 radical (unpaired) electrons. The Hall–Kier alpha value is -1.48. The van der Waals surface area contributed by atoms with Gasteiger partial charge < -0.3 is 10.6 Å². The van der Waals surface area contributed by atoms with Crippen molar-refractivity contribution in [3.8, 4) is 0 Å². The third kappa shape index (κ3) is 5.80. The molecule has 0 aliphatic heterocycles. The first-order valence-corrected chi connectivity index (χ1v) is 8.06. The number of carbonyl (C=O) groups excluding carboxylic acids is 1. The number of nitrogens with one attached hydrogen (secondary N) is 2. The van der Waals surface area contributed by atoms with Gasteiger partial charge in [0.25, 0.3) is 0 Å². The molecule has 0 spiro atoms. The van der Waals surface area contributed by atoms with E-state index in [1.54, 1.807) is 0 Å². The molecule has 0 aromatic heterocycles. The van der Waals surface area contributed by atoms with Gasteiger partial charge in [-0.05, 0) is 50.2 Å². The monoisotopic (exact) mass is 306 g/mol. The van der Waals surface area contributed by atoms with E-state index in [9.17, 15) is 4.79 Å². The molecule has 0 fully saturated rings. The second kappa shape index (κ2) is 8.73. The van der Waals surface area contributed by atoms with E-state index >= 15 is 0 Å². The molecule has 1 aliphatic carbocycles. The molecule has 1 aliphatic rings. The predicted molar refractivity (Wildman–Crippen MR) is 87.7 cm³/mol. The van der Waals surface area contributed by atoms with Crippen LogP contribution in [0.25, 0.3) is 0 Å². The van der Waals surface area contributed by atoms with Crippen molar-refractivity contribution in [1.82, 2.24) is 10.6 Å². The normalized spacial score (nSPS) is 14.4. The van der Waals surface area contributed by atoms with Crippen molar-refractivity contribution in [3.63, 3.8) is 0 Å². The lowest BCUT2D eigenvalue weighted by molar-refractivity contribution is 0.241. The maximum Gasteiger partial charge on any atom is 0.314 e. The molecule has 2 N–H and O–H groups in total.